The predicted octanol–water partition coefficient (Wildman–Crippen LogP) is 2.12. The van der Waals surface area contributed by atoms with E-state index >= 15 is 0 Å². The highest BCUT2D eigenvalue weighted by Gasteiger charge is 1.99. The van der Waals surface area contributed by atoms with Gasteiger partial charge in [0.15, 0.2) is 0 Å². The van der Waals surface area contributed by atoms with E-state index in [0.717, 1.165) is 4.47 Å². The van der Waals surface area contributed by atoms with Gasteiger partial charge in [0.1, 0.15) is 0 Å². The van der Waals surface area contributed by atoms with E-state index in [0.29, 0.717) is 17.3 Å². The molecule has 4 nitrogen and oxygen atoms in total. The van der Waals surface area contributed by atoms with E-state index in [-0.39, 0.29) is 0 Å². The van der Waals surface area contributed by atoms with Crippen LogP contribution in [0.2, 0.25) is 0 Å². The maximum atomic E-state index is 4.92. The van der Waals surface area contributed by atoms with Crippen molar-refractivity contribution < 1.29 is 4.84 Å². The monoisotopic (exact) mass is 255 g/mol. The Labute approximate surface area is 90.6 Å². The number of aliphatic imine (C=N–C) groups is 1. The first-order valence-corrected chi connectivity index (χ1v) is 4.65. The zero-order valence-electron chi connectivity index (χ0n) is 7.70. The standard InChI is InChI=1S/C9H10BrN3O/c1-6(13-7(2)14-11)9-4-3-8(10)5-12-9/h3-5H,1,11H2,2H3/b13-7-. The minimum absolute atomic E-state index is 0.347. The summed E-state index contributed by atoms with van der Waals surface area (Å²) in [4.78, 5) is 12.5. The average molecular weight is 256 g/mol. The second kappa shape index (κ2) is 4.88. The Morgan fingerprint density at radius 2 is 2.36 bits per heavy atom. The van der Waals surface area contributed by atoms with Gasteiger partial charge >= 0.3 is 0 Å². The van der Waals surface area contributed by atoms with Gasteiger partial charge in [0.25, 0.3) is 0 Å². The van der Waals surface area contributed by atoms with Gasteiger partial charge in [-0.15, -0.1) is 0 Å². The van der Waals surface area contributed by atoms with Crippen molar-refractivity contribution in [3.05, 3.63) is 35.1 Å². The van der Waals surface area contributed by atoms with Crippen LogP contribution in [0.15, 0.2) is 34.4 Å². The summed E-state index contributed by atoms with van der Waals surface area (Å²) in [7, 11) is 0. The third-order valence-corrected chi connectivity index (χ3v) is 1.96. The maximum absolute atomic E-state index is 4.92. The molecule has 2 N–H and O–H groups in total. The topological polar surface area (TPSA) is 60.5 Å². The number of aromatic nitrogens is 1. The van der Waals surface area contributed by atoms with Crippen LogP contribution in [0.25, 0.3) is 5.70 Å². The summed E-state index contributed by atoms with van der Waals surface area (Å²) in [6, 6.07) is 3.67. The fourth-order valence-electron chi connectivity index (χ4n) is 0.820. The maximum Gasteiger partial charge on any atom is 0.210 e. The van der Waals surface area contributed by atoms with Crippen LogP contribution < -0.4 is 5.90 Å². The van der Waals surface area contributed by atoms with Gasteiger partial charge in [-0.05, 0) is 28.1 Å². The third kappa shape index (κ3) is 2.93. The number of halogens is 1. The molecule has 1 heterocycles. The lowest BCUT2D eigenvalue weighted by molar-refractivity contribution is 0.318. The molecule has 0 saturated carbocycles. The highest BCUT2D eigenvalue weighted by atomic mass is 79.9. The van der Waals surface area contributed by atoms with E-state index in [1.807, 2.05) is 6.07 Å². The fraction of sp³-hybridized carbons (Fsp3) is 0.111. The molecule has 0 aromatic carbocycles. The predicted molar refractivity (Wildman–Crippen MR) is 59.4 cm³/mol. The van der Waals surface area contributed by atoms with Crippen LogP contribution in [0, 0.1) is 0 Å². The Balaban J connectivity index is 2.85. The number of nitrogens with zero attached hydrogens (tertiary/aromatic N) is 2. The van der Waals surface area contributed by atoms with Gasteiger partial charge in [0, 0.05) is 17.6 Å². The van der Waals surface area contributed by atoms with Crippen molar-refractivity contribution in [3.63, 3.8) is 0 Å². The van der Waals surface area contributed by atoms with Gasteiger partial charge in [-0.25, -0.2) is 4.99 Å². The lowest BCUT2D eigenvalue weighted by Crippen LogP contribution is -2.05. The van der Waals surface area contributed by atoms with E-state index in [4.69, 9.17) is 5.90 Å². The molecular weight excluding hydrogens is 246 g/mol. The molecule has 74 valence electrons. The lowest BCUT2D eigenvalue weighted by Gasteiger charge is -2.00. The van der Waals surface area contributed by atoms with E-state index in [1.165, 1.54) is 0 Å². The highest BCUT2D eigenvalue weighted by Crippen LogP contribution is 2.14. The second-order valence-corrected chi connectivity index (χ2v) is 3.47. The Morgan fingerprint density at radius 1 is 1.64 bits per heavy atom. The molecule has 0 radical (unpaired) electrons. The molecule has 0 unspecified atom stereocenters. The molecule has 0 aliphatic heterocycles. The molecule has 0 fully saturated rings. The molecule has 1 aromatic rings. The molecule has 0 aliphatic rings. The van der Waals surface area contributed by atoms with Gasteiger partial charge in [0.05, 0.1) is 11.4 Å². The number of pyridine rings is 1. The van der Waals surface area contributed by atoms with Crippen LogP contribution in [0.4, 0.5) is 0 Å². The van der Waals surface area contributed by atoms with Crippen molar-refractivity contribution in [1.82, 2.24) is 4.98 Å². The number of rotatable bonds is 2. The van der Waals surface area contributed by atoms with Crippen LogP contribution >= 0.6 is 15.9 Å². The summed E-state index contributed by atoms with van der Waals surface area (Å²) in [5.41, 5.74) is 1.20. The SMILES string of the molecule is C=C(/N=C(/C)ON)c1ccc(Br)cn1. The molecular formula is C9H10BrN3O. The van der Waals surface area contributed by atoms with Crippen LogP contribution in [0.3, 0.4) is 0 Å². The van der Waals surface area contributed by atoms with Crippen molar-refractivity contribution in [1.29, 1.82) is 0 Å². The normalized spacial score (nSPS) is 11.2. The molecule has 14 heavy (non-hydrogen) atoms. The number of hydrogen-bond donors (Lipinski definition) is 1. The molecule has 0 amide bonds. The molecule has 0 atom stereocenters. The molecule has 0 bridgehead atoms. The third-order valence-electron chi connectivity index (χ3n) is 1.49. The summed E-state index contributed by atoms with van der Waals surface area (Å²) in [6.45, 7) is 5.38. The first-order chi connectivity index (χ1) is 6.63. The fourth-order valence-corrected chi connectivity index (χ4v) is 1.05. The Kier molecular flexibility index (Phi) is 3.79. The van der Waals surface area contributed by atoms with E-state index in [9.17, 15) is 0 Å². The van der Waals surface area contributed by atoms with E-state index < -0.39 is 0 Å². The molecule has 0 spiro atoms. The smallest absolute Gasteiger partial charge is 0.210 e. The van der Waals surface area contributed by atoms with Crippen LogP contribution in [-0.2, 0) is 4.84 Å². The molecule has 1 aromatic heterocycles. The van der Waals surface area contributed by atoms with E-state index in [1.54, 1.807) is 19.2 Å². The van der Waals surface area contributed by atoms with Crippen molar-refractivity contribution in [3.8, 4) is 0 Å². The number of nitrogens with two attached hydrogens (primary N) is 1. The minimum Gasteiger partial charge on any atom is -0.396 e. The lowest BCUT2D eigenvalue weighted by atomic mass is 10.3. The zero-order valence-corrected chi connectivity index (χ0v) is 9.28. The van der Waals surface area contributed by atoms with Gasteiger partial charge in [-0.2, -0.15) is 5.90 Å². The number of hydrogen-bond acceptors (Lipinski definition) is 4. The minimum atomic E-state index is 0.347. The quantitative estimate of drug-likeness (QED) is 0.501. The summed E-state index contributed by atoms with van der Waals surface area (Å²) in [5.74, 6) is 5.27. The van der Waals surface area contributed by atoms with Gasteiger partial charge < -0.3 is 4.84 Å². The van der Waals surface area contributed by atoms with Crippen molar-refractivity contribution in [2.75, 3.05) is 0 Å². The first-order valence-electron chi connectivity index (χ1n) is 3.86. The highest BCUT2D eigenvalue weighted by molar-refractivity contribution is 9.10. The largest absolute Gasteiger partial charge is 0.396 e. The van der Waals surface area contributed by atoms with Crippen LogP contribution in [0.1, 0.15) is 12.6 Å². The second-order valence-electron chi connectivity index (χ2n) is 2.56. The summed E-state index contributed by atoms with van der Waals surface area (Å²) >= 11 is 3.29. The summed E-state index contributed by atoms with van der Waals surface area (Å²) in [5, 5.41) is 0. The van der Waals surface area contributed by atoms with Crippen molar-refractivity contribution in [2.24, 2.45) is 10.9 Å². The van der Waals surface area contributed by atoms with E-state index in [2.05, 4.69) is 37.3 Å². The van der Waals surface area contributed by atoms with Gasteiger partial charge in [0.2, 0.25) is 5.90 Å². The Bertz CT molecular complexity index is 359. The summed E-state index contributed by atoms with van der Waals surface area (Å²) in [6.07, 6.45) is 1.68. The van der Waals surface area contributed by atoms with Crippen LogP contribution in [-0.4, -0.2) is 10.9 Å². The van der Waals surface area contributed by atoms with Gasteiger partial charge in [-0.1, -0.05) is 6.58 Å². The molecule has 1 rings (SSSR count). The Hall–Kier alpha value is -1.20. The average Bonchev–Trinajstić information content (AvgIpc) is 2.18. The van der Waals surface area contributed by atoms with Crippen molar-refractivity contribution >= 4 is 27.5 Å². The molecule has 0 saturated heterocycles. The van der Waals surface area contributed by atoms with Crippen molar-refractivity contribution in [2.45, 2.75) is 6.92 Å². The molecule has 0 aliphatic carbocycles. The Morgan fingerprint density at radius 3 is 2.86 bits per heavy atom. The van der Waals surface area contributed by atoms with Gasteiger partial charge in [-0.3, -0.25) is 4.98 Å². The molecule has 5 heteroatoms. The van der Waals surface area contributed by atoms with Crippen LogP contribution in [0.5, 0.6) is 0 Å². The first kappa shape index (κ1) is 10.9. The zero-order chi connectivity index (χ0) is 10.6. The summed E-state index contributed by atoms with van der Waals surface area (Å²) < 4.78 is 0.907.